The predicted octanol–water partition coefficient (Wildman–Crippen LogP) is 9.13. The number of fused-ring (bicyclic) bond motifs is 7. The Labute approximate surface area is 188 Å². The summed E-state index contributed by atoms with van der Waals surface area (Å²) in [7, 11) is 0. The maximum absolute atomic E-state index is 2.81. The van der Waals surface area contributed by atoms with Crippen LogP contribution < -0.4 is 0 Å². The summed E-state index contributed by atoms with van der Waals surface area (Å²) in [5, 5.41) is 0. The highest BCUT2D eigenvalue weighted by atomic mass is 14.7. The van der Waals surface area contributed by atoms with E-state index >= 15 is 0 Å². The minimum atomic E-state index is 0.560. The molecule has 0 amide bonds. The van der Waals surface area contributed by atoms with E-state index in [1.165, 1.54) is 70.6 Å². The lowest BCUT2D eigenvalue weighted by atomic mass is 9.31. The molecule has 0 N–H and O–H groups in total. The van der Waals surface area contributed by atoms with Crippen molar-refractivity contribution in [2.75, 3.05) is 0 Å². The van der Waals surface area contributed by atoms with Crippen LogP contribution in [0.15, 0.2) is 0 Å². The van der Waals surface area contributed by atoms with Crippen molar-refractivity contribution in [1.82, 2.24) is 0 Å². The van der Waals surface area contributed by atoms with Gasteiger partial charge in [-0.1, -0.05) is 61.8 Å². The van der Waals surface area contributed by atoms with Crippen molar-refractivity contribution in [3.05, 3.63) is 0 Å². The van der Waals surface area contributed by atoms with E-state index in [2.05, 4.69) is 55.4 Å². The molecule has 0 heteroatoms. The molecule has 0 aromatic rings. The number of hydrogen-bond acceptors (Lipinski definition) is 0. The molecule has 0 unspecified atom stereocenters. The van der Waals surface area contributed by atoms with Gasteiger partial charge in [-0.25, -0.2) is 0 Å². The Bertz CT molecular complexity index is 690. The van der Waals surface area contributed by atoms with E-state index in [1.54, 1.807) is 0 Å². The van der Waals surface area contributed by atoms with Gasteiger partial charge in [0.1, 0.15) is 0 Å². The van der Waals surface area contributed by atoms with Crippen molar-refractivity contribution >= 4 is 0 Å². The molecule has 5 aliphatic carbocycles. The third-order valence-corrected chi connectivity index (χ3v) is 13.8. The fraction of sp³-hybridized carbons (Fsp3) is 1.00. The minimum Gasteiger partial charge on any atom is -0.0622 e. The average molecular weight is 413 g/mol. The second-order valence-corrected chi connectivity index (χ2v) is 15.1. The molecule has 30 heavy (non-hydrogen) atoms. The summed E-state index contributed by atoms with van der Waals surface area (Å²) in [4.78, 5) is 0. The molecule has 0 radical (unpaired) electrons. The summed E-state index contributed by atoms with van der Waals surface area (Å²) in [5.74, 6) is 5.74. The zero-order chi connectivity index (χ0) is 21.7. The van der Waals surface area contributed by atoms with E-state index in [4.69, 9.17) is 0 Å². The van der Waals surface area contributed by atoms with Crippen LogP contribution in [0.5, 0.6) is 0 Å². The molecule has 5 rings (SSSR count). The molecule has 5 aliphatic rings. The Balaban J connectivity index is 1.54. The zero-order valence-corrected chi connectivity index (χ0v) is 21.7. The first-order chi connectivity index (χ1) is 13.9. The first-order valence-electron chi connectivity index (χ1n) is 13.9. The maximum atomic E-state index is 2.81. The minimum absolute atomic E-state index is 0.560. The summed E-state index contributed by atoms with van der Waals surface area (Å²) < 4.78 is 0. The van der Waals surface area contributed by atoms with Crippen molar-refractivity contribution in [3.63, 3.8) is 0 Å². The fourth-order valence-corrected chi connectivity index (χ4v) is 11.8. The SMILES string of the molecule is C[C@H]1[C@@H]2[C@H]3CC[C@@H]4[C@@]5(C)CCCC(C)(C)[C@@H]5CC[C@@]4(C)[C@]3(C)CC[C@@]2(C)CC[C@H]1C. The Morgan fingerprint density at radius 2 is 1.33 bits per heavy atom. The largest absolute Gasteiger partial charge is 0.0622 e. The van der Waals surface area contributed by atoms with E-state index < -0.39 is 0 Å². The summed E-state index contributed by atoms with van der Waals surface area (Å²) in [6, 6.07) is 0. The highest BCUT2D eigenvalue weighted by Crippen LogP contribution is 2.76. The molecule has 0 aromatic carbocycles. The normalized spacial score (nSPS) is 60.0. The van der Waals surface area contributed by atoms with Crippen LogP contribution in [0.3, 0.4) is 0 Å². The molecule has 0 heterocycles. The molecular formula is C30H52. The highest BCUT2D eigenvalue weighted by molar-refractivity contribution is 5.17. The summed E-state index contributed by atoms with van der Waals surface area (Å²) in [5.41, 5.74) is 2.92. The Morgan fingerprint density at radius 1 is 0.600 bits per heavy atom. The molecule has 0 nitrogen and oxygen atoms in total. The van der Waals surface area contributed by atoms with Gasteiger partial charge in [0.25, 0.3) is 0 Å². The Morgan fingerprint density at radius 3 is 2.07 bits per heavy atom. The lowest BCUT2D eigenvalue weighted by Crippen LogP contribution is -2.66. The lowest BCUT2D eigenvalue weighted by Gasteiger charge is -2.73. The topological polar surface area (TPSA) is 0 Å². The monoisotopic (exact) mass is 412 g/mol. The van der Waals surface area contributed by atoms with E-state index in [9.17, 15) is 0 Å². The maximum Gasteiger partial charge on any atom is -0.0235 e. The van der Waals surface area contributed by atoms with Crippen LogP contribution in [0.2, 0.25) is 0 Å². The predicted molar refractivity (Wildman–Crippen MR) is 129 cm³/mol. The van der Waals surface area contributed by atoms with Gasteiger partial charge in [-0.05, 0) is 127 Å². The van der Waals surface area contributed by atoms with Crippen LogP contribution in [0.4, 0.5) is 0 Å². The summed E-state index contributed by atoms with van der Waals surface area (Å²) >= 11 is 0. The third-order valence-electron chi connectivity index (χ3n) is 13.8. The van der Waals surface area contributed by atoms with E-state index in [0.29, 0.717) is 27.1 Å². The van der Waals surface area contributed by atoms with Crippen LogP contribution in [0.25, 0.3) is 0 Å². The summed E-state index contributed by atoms with van der Waals surface area (Å²) in [6.45, 7) is 21.5. The molecule has 5 fully saturated rings. The van der Waals surface area contributed by atoms with Gasteiger partial charge in [0, 0.05) is 0 Å². The van der Waals surface area contributed by atoms with Crippen LogP contribution in [0, 0.1) is 62.6 Å². The van der Waals surface area contributed by atoms with Gasteiger partial charge < -0.3 is 0 Å². The third kappa shape index (κ3) is 2.58. The summed E-state index contributed by atoms with van der Waals surface area (Å²) in [6.07, 6.45) is 16.6. The van der Waals surface area contributed by atoms with Crippen LogP contribution in [-0.4, -0.2) is 0 Å². The van der Waals surface area contributed by atoms with Crippen LogP contribution >= 0.6 is 0 Å². The van der Waals surface area contributed by atoms with Crippen LogP contribution in [0.1, 0.15) is 126 Å². The van der Waals surface area contributed by atoms with Crippen molar-refractivity contribution in [1.29, 1.82) is 0 Å². The molecule has 10 atom stereocenters. The number of rotatable bonds is 0. The molecule has 0 spiro atoms. The molecule has 0 saturated heterocycles. The number of hydrogen-bond donors (Lipinski definition) is 0. The molecule has 0 aliphatic heterocycles. The Kier molecular flexibility index (Phi) is 4.75. The highest BCUT2D eigenvalue weighted by Gasteiger charge is 2.69. The van der Waals surface area contributed by atoms with Gasteiger partial charge in [0.2, 0.25) is 0 Å². The first kappa shape index (κ1) is 21.8. The quantitative estimate of drug-likeness (QED) is 0.372. The van der Waals surface area contributed by atoms with Crippen LogP contribution in [-0.2, 0) is 0 Å². The van der Waals surface area contributed by atoms with Crippen molar-refractivity contribution in [3.8, 4) is 0 Å². The van der Waals surface area contributed by atoms with Crippen molar-refractivity contribution < 1.29 is 0 Å². The second kappa shape index (κ2) is 6.53. The van der Waals surface area contributed by atoms with E-state index in [-0.39, 0.29) is 0 Å². The average Bonchev–Trinajstić information content (AvgIpc) is 2.65. The first-order valence-corrected chi connectivity index (χ1v) is 13.9. The molecule has 5 saturated carbocycles. The fourth-order valence-electron chi connectivity index (χ4n) is 11.8. The van der Waals surface area contributed by atoms with Gasteiger partial charge in [0.05, 0.1) is 0 Å². The van der Waals surface area contributed by atoms with Gasteiger partial charge >= 0.3 is 0 Å². The van der Waals surface area contributed by atoms with Gasteiger partial charge in [-0.2, -0.15) is 0 Å². The van der Waals surface area contributed by atoms with Crippen molar-refractivity contribution in [2.24, 2.45) is 62.6 Å². The Hall–Kier alpha value is 0. The molecular weight excluding hydrogens is 360 g/mol. The molecule has 172 valence electrons. The van der Waals surface area contributed by atoms with E-state index in [1.807, 2.05) is 0 Å². The second-order valence-electron chi connectivity index (χ2n) is 15.1. The van der Waals surface area contributed by atoms with Gasteiger partial charge in [-0.15, -0.1) is 0 Å². The smallest absolute Gasteiger partial charge is 0.0235 e. The van der Waals surface area contributed by atoms with Gasteiger partial charge in [-0.3, -0.25) is 0 Å². The van der Waals surface area contributed by atoms with Gasteiger partial charge in [0.15, 0.2) is 0 Å². The molecule has 0 aromatic heterocycles. The zero-order valence-electron chi connectivity index (χ0n) is 21.7. The molecule has 0 bridgehead atoms. The standard InChI is InChI=1S/C30H52/c1-20-12-16-27(5)18-19-29(7)22(25(27)21(20)2)10-11-24-28(6)15-9-14-26(3,4)23(28)13-17-30(24,29)8/h20-25H,9-19H2,1-8H3/t20-,21-,22-,23+,24-,25-,27-,28+,29-,30-/m1/s1. The van der Waals surface area contributed by atoms with Crippen molar-refractivity contribution in [2.45, 2.75) is 126 Å². The van der Waals surface area contributed by atoms with E-state index in [0.717, 1.165) is 35.5 Å². The lowest BCUT2D eigenvalue weighted by molar-refractivity contribution is -0.247.